The molecule has 100 valence electrons. The van der Waals surface area contributed by atoms with Gasteiger partial charge in [0.05, 0.1) is 0 Å². The number of anilines is 1. The highest BCUT2D eigenvalue weighted by Gasteiger charge is 2.18. The molecule has 0 saturated heterocycles. The molecule has 0 aliphatic heterocycles. The van der Waals surface area contributed by atoms with E-state index >= 15 is 0 Å². The maximum absolute atomic E-state index is 13.0. The van der Waals surface area contributed by atoms with E-state index in [-0.39, 0.29) is 9.37 Å². The van der Waals surface area contributed by atoms with Crippen LogP contribution in [0, 0.1) is 9.39 Å². The van der Waals surface area contributed by atoms with Crippen LogP contribution in [0.15, 0.2) is 51.8 Å². The molecule has 0 heterocycles. The van der Waals surface area contributed by atoms with Crippen LogP contribution in [0.5, 0.6) is 0 Å². The molecule has 19 heavy (non-hydrogen) atoms. The van der Waals surface area contributed by atoms with E-state index in [0.717, 1.165) is 15.7 Å². The van der Waals surface area contributed by atoms with Crippen LogP contribution >= 0.6 is 38.5 Å². The highest BCUT2D eigenvalue weighted by atomic mass is 127. The Labute approximate surface area is 132 Å². The number of sulfonamides is 1. The van der Waals surface area contributed by atoms with Gasteiger partial charge in [0.1, 0.15) is 10.7 Å². The average molecular weight is 456 g/mol. The fourth-order valence-electron chi connectivity index (χ4n) is 1.46. The second kappa shape index (κ2) is 5.76. The molecule has 2 aromatic rings. The van der Waals surface area contributed by atoms with Crippen molar-refractivity contribution in [3.05, 3.63) is 56.3 Å². The molecular weight excluding hydrogens is 448 g/mol. The lowest BCUT2D eigenvalue weighted by atomic mass is 10.3. The van der Waals surface area contributed by atoms with Gasteiger partial charge in [0, 0.05) is 13.7 Å². The number of nitrogens with one attached hydrogen (secondary N) is 1. The maximum Gasteiger partial charge on any atom is 0.263 e. The Kier molecular flexibility index (Phi) is 4.46. The Bertz CT molecular complexity index is 721. The van der Waals surface area contributed by atoms with Gasteiger partial charge in [-0.25, -0.2) is 12.8 Å². The molecule has 0 atom stereocenters. The van der Waals surface area contributed by atoms with Gasteiger partial charge in [-0.3, -0.25) is 4.72 Å². The van der Waals surface area contributed by atoms with Crippen molar-refractivity contribution in [2.45, 2.75) is 4.90 Å². The van der Waals surface area contributed by atoms with Crippen LogP contribution in [0.25, 0.3) is 0 Å². The molecule has 0 fully saturated rings. The molecule has 0 unspecified atom stereocenters. The minimum atomic E-state index is -3.74. The number of rotatable bonds is 3. The molecule has 0 bridgehead atoms. The predicted octanol–water partition coefficient (Wildman–Crippen LogP) is 3.99. The van der Waals surface area contributed by atoms with Gasteiger partial charge in [-0.05, 0) is 74.9 Å². The van der Waals surface area contributed by atoms with Gasteiger partial charge in [0.15, 0.2) is 0 Å². The number of halogens is 3. The summed E-state index contributed by atoms with van der Waals surface area (Å²) in [6.07, 6.45) is 0. The van der Waals surface area contributed by atoms with Crippen LogP contribution in [0.1, 0.15) is 0 Å². The van der Waals surface area contributed by atoms with Crippen LogP contribution < -0.4 is 4.72 Å². The molecular formula is C12H8BrFINO2S. The number of benzene rings is 2. The average Bonchev–Trinajstić information content (AvgIpc) is 2.27. The van der Waals surface area contributed by atoms with Crippen LogP contribution in [0.2, 0.25) is 0 Å². The molecule has 0 spiro atoms. The highest BCUT2D eigenvalue weighted by molar-refractivity contribution is 14.1. The molecule has 0 amide bonds. The molecule has 2 rings (SSSR count). The quantitative estimate of drug-likeness (QED) is 0.711. The van der Waals surface area contributed by atoms with Gasteiger partial charge in [-0.15, -0.1) is 0 Å². The lowest BCUT2D eigenvalue weighted by Gasteiger charge is -2.09. The van der Waals surface area contributed by atoms with Gasteiger partial charge in [-0.2, -0.15) is 0 Å². The second-order valence-electron chi connectivity index (χ2n) is 3.69. The fraction of sp³-hybridized carbons (Fsp3) is 0. The third kappa shape index (κ3) is 3.67. The van der Waals surface area contributed by atoms with Crippen molar-refractivity contribution in [1.82, 2.24) is 0 Å². The van der Waals surface area contributed by atoms with Gasteiger partial charge in [-0.1, -0.05) is 6.07 Å². The van der Waals surface area contributed by atoms with Gasteiger partial charge >= 0.3 is 0 Å². The van der Waals surface area contributed by atoms with E-state index in [1.165, 1.54) is 6.07 Å². The van der Waals surface area contributed by atoms with Crippen molar-refractivity contribution in [3.63, 3.8) is 0 Å². The molecule has 7 heteroatoms. The Morgan fingerprint density at radius 3 is 2.53 bits per heavy atom. The summed E-state index contributed by atoms with van der Waals surface area (Å²) in [5, 5.41) is 0. The largest absolute Gasteiger partial charge is 0.280 e. The zero-order valence-electron chi connectivity index (χ0n) is 9.40. The molecule has 0 radical (unpaired) electrons. The van der Waals surface area contributed by atoms with Crippen molar-refractivity contribution in [2.75, 3.05) is 4.72 Å². The van der Waals surface area contributed by atoms with Crippen molar-refractivity contribution < 1.29 is 12.8 Å². The van der Waals surface area contributed by atoms with E-state index in [9.17, 15) is 12.8 Å². The van der Waals surface area contributed by atoms with E-state index in [0.29, 0.717) is 5.69 Å². The van der Waals surface area contributed by atoms with Gasteiger partial charge < -0.3 is 0 Å². The lowest BCUT2D eigenvalue weighted by Crippen LogP contribution is -2.13. The Hall–Kier alpha value is -0.670. The molecule has 0 aliphatic rings. The molecule has 0 aromatic heterocycles. The first-order chi connectivity index (χ1) is 8.88. The van der Waals surface area contributed by atoms with E-state index < -0.39 is 15.8 Å². The van der Waals surface area contributed by atoms with Crippen molar-refractivity contribution in [1.29, 1.82) is 0 Å². The first kappa shape index (κ1) is 14.7. The third-order valence-electron chi connectivity index (χ3n) is 2.26. The van der Waals surface area contributed by atoms with Gasteiger partial charge in [0.2, 0.25) is 0 Å². The highest BCUT2D eigenvalue weighted by Crippen LogP contribution is 2.25. The third-order valence-corrected chi connectivity index (χ3v) is 5.29. The van der Waals surface area contributed by atoms with E-state index in [2.05, 4.69) is 43.2 Å². The summed E-state index contributed by atoms with van der Waals surface area (Å²) >= 11 is 5.14. The van der Waals surface area contributed by atoms with E-state index in [4.69, 9.17) is 0 Å². The fourth-order valence-corrected chi connectivity index (χ4v) is 4.10. The molecule has 2 aromatic carbocycles. The summed E-state index contributed by atoms with van der Waals surface area (Å²) < 4.78 is 40.9. The summed E-state index contributed by atoms with van der Waals surface area (Å²) in [5.74, 6) is -0.500. The predicted molar refractivity (Wildman–Crippen MR) is 84.1 cm³/mol. The van der Waals surface area contributed by atoms with E-state index in [1.54, 1.807) is 18.2 Å². The SMILES string of the molecule is O=S(=O)(Nc1cccc(I)c1)c1ccc(F)cc1Br. The Morgan fingerprint density at radius 1 is 1.16 bits per heavy atom. The molecule has 3 nitrogen and oxygen atoms in total. The van der Waals surface area contributed by atoms with Crippen LogP contribution in [-0.4, -0.2) is 8.42 Å². The van der Waals surface area contributed by atoms with Gasteiger partial charge in [0.25, 0.3) is 10.0 Å². The smallest absolute Gasteiger partial charge is 0.263 e. The summed E-state index contributed by atoms with van der Waals surface area (Å²) in [6, 6.07) is 10.4. The van der Waals surface area contributed by atoms with Crippen LogP contribution in [-0.2, 0) is 10.0 Å². The zero-order chi connectivity index (χ0) is 14.0. The monoisotopic (exact) mass is 455 g/mol. The van der Waals surface area contributed by atoms with Crippen molar-refractivity contribution in [2.24, 2.45) is 0 Å². The standard InChI is InChI=1S/C12H8BrFINO2S/c13-11-6-8(14)4-5-12(11)19(17,18)16-10-3-1-2-9(15)7-10/h1-7,16H. The Balaban J connectivity index is 2.38. The second-order valence-corrected chi connectivity index (χ2v) is 7.44. The molecule has 0 saturated carbocycles. The summed E-state index contributed by atoms with van der Waals surface area (Å²) in [4.78, 5) is -0.00670. The number of hydrogen-bond donors (Lipinski definition) is 1. The first-order valence-electron chi connectivity index (χ1n) is 5.12. The zero-order valence-corrected chi connectivity index (χ0v) is 14.0. The first-order valence-corrected chi connectivity index (χ1v) is 8.47. The maximum atomic E-state index is 13.0. The normalized spacial score (nSPS) is 11.3. The van der Waals surface area contributed by atoms with Crippen LogP contribution in [0.4, 0.5) is 10.1 Å². The minimum absolute atomic E-state index is 0.00670. The van der Waals surface area contributed by atoms with Crippen molar-refractivity contribution >= 4 is 54.2 Å². The molecule has 1 N–H and O–H groups in total. The molecule has 0 aliphatic carbocycles. The lowest BCUT2D eigenvalue weighted by molar-refractivity contribution is 0.599. The summed E-state index contributed by atoms with van der Waals surface area (Å²) in [5.41, 5.74) is 0.461. The Morgan fingerprint density at radius 2 is 1.89 bits per heavy atom. The van der Waals surface area contributed by atoms with E-state index in [1.807, 2.05) is 6.07 Å². The summed E-state index contributed by atoms with van der Waals surface area (Å²) in [6.45, 7) is 0. The number of hydrogen-bond acceptors (Lipinski definition) is 2. The minimum Gasteiger partial charge on any atom is -0.280 e. The summed E-state index contributed by atoms with van der Waals surface area (Å²) in [7, 11) is -3.74. The van der Waals surface area contributed by atoms with Crippen LogP contribution in [0.3, 0.4) is 0 Å². The van der Waals surface area contributed by atoms with Crippen molar-refractivity contribution in [3.8, 4) is 0 Å². The topological polar surface area (TPSA) is 46.2 Å².